The Balaban J connectivity index is 1.56. The summed E-state index contributed by atoms with van der Waals surface area (Å²) in [6.07, 6.45) is 1.43. The van der Waals surface area contributed by atoms with Gasteiger partial charge in [-0.2, -0.15) is 0 Å². The first-order valence-corrected chi connectivity index (χ1v) is 8.08. The van der Waals surface area contributed by atoms with Crippen molar-refractivity contribution in [1.29, 1.82) is 0 Å². The SMILES string of the molecule is COCCOc1ccc(NC(=O)N[C@@H]2c3ccccc3C[C@@H]2O)cn1. The number of hydrogen-bond donors (Lipinski definition) is 3. The first-order valence-electron chi connectivity index (χ1n) is 8.08. The lowest BCUT2D eigenvalue weighted by atomic mass is 10.1. The van der Waals surface area contributed by atoms with Crippen LogP contribution in [0.1, 0.15) is 17.2 Å². The van der Waals surface area contributed by atoms with Gasteiger partial charge in [-0.3, -0.25) is 0 Å². The van der Waals surface area contributed by atoms with Crippen molar-refractivity contribution in [3.05, 3.63) is 53.7 Å². The number of fused-ring (bicyclic) bond motifs is 1. The number of pyridine rings is 1. The molecule has 0 radical (unpaired) electrons. The number of carbonyl (C=O) groups is 1. The predicted molar refractivity (Wildman–Crippen MR) is 92.7 cm³/mol. The topological polar surface area (TPSA) is 92.7 Å². The fourth-order valence-electron chi connectivity index (χ4n) is 2.83. The second kappa shape index (κ2) is 7.96. The molecule has 1 heterocycles. The maximum Gasteiger partial charge on any atom is 0.319 e. The van der Waals surface area contributed by atoms with Gasteiger partial charge in [0.25, 0.3) is 0 Å². The third-order valence-corrected chi connectivity index (χ3v) is 4.02. The summed E-state index contributed by atoms with van der Waals surface area (Å²) in [6, 6.07) is 10.3. The summed E-state index contributed by atoms with van der Waals surface area (Å²) in [5.74, 6) is 0.461. The average Bonchev–Trinajstić information content (AvgIpc) is 2.92. The molecular weight excluding hydrogens is 322 g/mol. The third-order valence-electron chi connectivity index (χ3n) is 4.02. The smallest absolute Gasteiger partial charge is 0.319 e. The Bertz CT molecular complexity index is 721. The number of aromatic nitrogens is 1. The van der Waals surface area contributed by atoms with Crippen LogP contribution in [0.5, 0.6) is 5.88 Å². The highest BCUT2D eigenvalue weighted by Gasteiger charge is 2.31. The van der Waals surface area contributed by atoms with Gasteiger partial charge in [0.2, 0.25) is 5.88 Å². The molecule has 2 aromatic rings. The number of carbonyl (C=O) groups excluding carboxylic acids is 1. The highest BCUT2D eigenvalue weighted by molar-refractivity contribution is 5.89. The Hall–Kier alpha value is -2.64. The molecule has 1 aromatic carbocycles. The molecule has 0 spiro atoms. The van der Waals surface area contributed by atoms with E-state index in [1.807, 2.05) is 24.3 Å². The molecule has 132 valence electrons. The molecule has 3 rings (SSSR count). The molecule has 1 aliphatic rings. The van der Waals surface area contributed by atoms with Gasteiger partial charge in [-0.05, 0) is 17.2 Å². The minimum absolute atomic E-state index is 0.393. The Morgan fingerprint density at radius 2 is 2.12 bits per heavy atom. The van der Waals surface area contributed by atoms with Crippen LogP contribution in [0.25, 0.3) is 0 Å². The zero-order valence-electron chi connectivity index (χ0n) is 13.9. The summed E-state index contributed by atoms with van der Waals surface area (Å²) < 4.78 is 10.3. The molecule has 1 aromatic heterocycles. The van der Waals surface area contributed by atoms with Gasteiger partial charge in [0.1, 0.15) is 6.61 Å². The summed E-state index contributed by atoms with van der Waals surface area (Å²) in [5, 5.41) is 15.7. The number of aliphatic hydroxyl groups excluding tert-OH is 1. The number of nitrogens with zero attached hydrogens (tertiary/aromatic N) is 1. The number of anilines is 1. The molecule has 0 aliphatic heterocycles. The van der Waals surface area contributed by atoms with E-state index in [4.69, 9.17) is 9.47 Å². The van der Waals surface area contributed by atoms with Crippen LogP contribution in [0.4, 0.5) is 10.5 Å². The van der Waals surface area contributed by atoms with Crippen molar-refractivity contribution in [1.82, 2.24) is 10.3 Å². The van der Waals surface area contributed by atoms with Gasteiger partial charge in [-0.1, -0.05) is 24.3 Å². The molecule has 0 unspecified atom stereocenters. The standard InChI is InChI=1S/C18H21N3O4/c1-24-8-9-25-16-7-6-13(11-19-16)20-18(23)21-17-14-5-3-2-4-12(14)10-15(17)22/h2-7,11,15,17,22H,8-10H2,1H3,(H2,20,21,23)/t15-,17+/m0/s1. The third kappa shape index (κ3) is 4.26. The van der Waals surface area contributed by atoms with Crippen molar-refractivity contribution in [2.75, 3.05) is 25.6 Å². The Morgan fingerprint density at radius 1 is 1.28 bits per heavy atom. The van der Waals surface area contributed by atoms with E-state index in [0.717, 1.165) is 11.1 Å². The molecule has 0 saturated heterocycles. The van der Waals surface area contributed by atoms with Gasteiger partial charge >= 0.3 is 6.03 Å². The molecular formula is C18H21N3O4. The summed E-state index contributed by atoms with van der Waals surface area (Å²) >= 11 is 0. The molecule has 7 nitrogen and oxygen atoms in total. The zero-order chi connectivity index (χ0) is 17.6. The summed E-state index contributed by atoms with van der Waals surface area (Å²) in [5.41, 5.74) is 2.54. The van der Waals surface area contributed by atoms with Crippen LogP contribution < -0.4 is 15.4 Å². The Kier molecular flexibility index (Phi) is 5.47. The van der Waals surface area contributed by atoms with Crippen molar-refractivity contribution in [2.24, 2.45) is 0 Å². The first kappa shape index (κ1) is 17.2. The van der Waals surface area contributed by atoms with Crippen LogP contribution in [0.15, 0.2) is 42.6 Å². The van der Waals surface area contributed by atoms with Crippen LogP contribution in [0.2, 0.25) is 0 Å². The summed E-state index contributed by atoms with van der Waals surface area (Å²) in [7, 11) is 1.60. The zero-order valence-corrected chi connectivity index (χ0v) is 13.9. The van der Waals surface area contributed by atoms with Crippen LogP contribution in [0, 0.1) is 0 Å². The number of amides is 2. The van der Waals surface area contributed by atoms with Crippen molar-refractivity contribution in [3.8, 4) is 5.88 Å². The molecule has 1 aliphatic carbocycles. The highest BCUT2D eigenvalue weighted by atomic mass is 16.5. The number of urea groups is 1. The van der Waals surface area contributed by atoms with Crippen LogP contribution in [-0.2, 0) is 11.2 Å². The Labute approximate surface area is 146 Å². The molecule has 2 atom stereocenters. The van der Waals surface area contributed by atoms with Gasteiger partial charge < -0.3 is 25.2 Å². The monoisotopic (exact) mass is 343 g/mol. The number of ether oxygens (including phenoxy) is 2. The van der Waals surface area contributed by atoms with Crippen molar-refractivity contribution in [3.63, 3.8) is 0 Å². The van der Waals surface area contributed by atoms with Crippen LogP contribution in [-0.4, -0.2) is 42.5 Å². The fraction of sp³-hybridized carbons (Fsp3) is 0.333. The van der Waals surface area contributed by atoms with E-state index in [-0.39, 0.29) is 0 Å². The molecule has 2 amide bonds. The molecule has 0 fully saturated rings. The predicted octanol–water partition coefficient (Wildman–Crippen LogP) is 1.89. The molecule has 0 bridgehead atoms. The van der Waals surface area contributed by atoms with E-state index >= 15 is 0 Å². The van der Waals surface area contributed by atoms with Crippen molar-refractivity contribution in [2.45, 2.75) is 18.6 Å². The van der Waals surface area contributed by atoms with Gasteiger partial charge in [-0.25, -0.2) is 9.78 Å². The molecule has 25 heavy (non-hydrogen) atoms. The highest BCUT2D eigenvalue weighted by Crippen LogP contribution is 2.31. The lowest BCUT2D eigenvalue weighted by Crippen LogP contribution is -2.36. The van der Waals surface area contributed by atoms with Gasteiger partial charge in [0.05, 0.1) is 30.6 Å². The van der Waals surface area contributed by atoms with E-state index in [9.17, 15) is 9.90 Å². The number of methoxy groups -OCH3 is 1. The summed E-state index contributed by atoms with van der Waals surface area (Å²) in [6.45, 7) is 0.894. The second-order valence-electron chi connectivity index (χ2n) is 5.77. The molecule has 0 saturated carbocycles. The lowest BCUT2D eigenvalue weighted by molar-refractivity contribution is 0.143. The minimum atomic E-state index is -0.627. The number of benzene rings is 1. The van der Waals surface area contributed by atoms with Gasteiger partial charge in [-0.15, -0.1) is 0 Å². The molecule has 3 N–H and O–H groups in total. The largest absolute Gasteiger partial charge is 0.475 e. The minimum Gasteiger partial charge on any atom is -0.475 e. The maximum atomic E-state index is 12.2. The lowest BCUT2D eigenvalue weighted by Gasteiger charge is -2.18. The normalized spacial score (nSPS) is 18.5. The van der Waals surface area contributed by atoms with Crippen molar-refractivity contribution >= 4 is 11.7 Å². The van der Waals surface area contributed by atoms with E-state index < -0.39 is 18.2 Å². The van der Waals surface area contributed by atoms with Gasteiger partial charge in [0, 0.05) is 19.6 Å². The maximum absolute atomic E-state index is 12.2. The summed E-state index contributed by atoms with van der Waals surface area (Å²) in [4.78, 5) is 16.3. The van der Waals surface area contributed by atoms with Crippen LogP contribution >= 0.6 is 0 Å². The van der Waals surface area contributed by atoms with E-state index in [2.05, 4.69) is 15.6 Å². The second-order valence-corrected chi connectivity index (χ2v) is 5.77. The number of hydrogen-bond acceptors (Lipinski definition) is 5. The first-order chi connectivity index (χ1) is 12.2. The van der Waals surface area contributed by atoms with E-state index in [0.29, 0.717) is 31.2 Å². The van der Waals surface area contributed by atoms with Gasteiger partial charge in [0.15, 0.2) is 0 Å². The quantitative estimate of drug-likeness (QED) is 0.697. The van der Waals surface area contributed by atoms with Crippen LogP contribution in [0.3, 0.4) is 0 Å². The van der Waals surface area contributed by atoms with E-state index in [1.54, 1.807) is 19.2 Å². The van der Waals surface area contributed by atoms with E-state index in [1.165, 1.54) is 6.20 Å². The fourth-order valence-corrected chi connectivity index (χ4v) is 2.83. The van der Waals surface area contributed by atoms with Crippen molar-refractivity contribution < 1.29 is 19.4 Å². The number of aliphatic hydroxyl groups is 1. The average molecular weight is 343 g/mol. The molecule has 7 heteroatoms. The number of rotatable bonds is 6. The Morgan fingerprint density at radius 3 is 2.88 bits per heavy atom. The number of nitrogens with one attached hydrogen (secondary N) is 2.